The van der Waals surface area contributed by atoms with E-state index in [-0.39, 0.29) is 18.3 Å². The first kappa shape index (κ1) is 20.6. The second-order valence-electron chi connectivity index (χ2n) is 6.90. The average Bonchev–Trinajstić information content (AvgIpc) is 3.22. The summed E-state index contributed by atoms with van der Waals surface area (Å²) in [6.45, 7) is 2.45. The molecule has 1 aromatic carbocycles. The minimum absolute atomic E-state index is 0.0682. The van der Waals surface area contributed by atoms with Gasteiger partial charge in [0.1, 0.15) is 5.75 Å². The molecule has 2 aromatic rings. The number of thiocarbonyl (C=S) groups is 1. The Hall–Kier alpha value is -2.16. The van der Waals surface area contributed by atoms with E-state index < -0.39 is 0 Å². The van der Waals surface area contributed by atoms with Crippen LogP contribution in [0.2, 0.25) is 0 Å². The van der Waals surface area contributed by atoms with Gasteiger partial charge in [-0.15, -0.1) is 0 Å². The molecule has 3 N–H and O–H groups in total. The number of ether oxygens (including phenoxy) is 2. The van der Waals surface area contributed by atoms with Gasteiger partial charge in [-0.3, -0.25) is 4.79 Å². The Balaban J connectivity index is 1.74. The Bertz CT molecular complexity index is 864. The van der Waals surface area contributed by atoms with Crippen LogP contribution in [-0.4, -0.2) is 59.6 Å². The summed E-state index contributed by atoms with van der Waals surface area (Å²) in [7, 11) is 1.59. The molecule has 152 valence electrons. The summed E-state index contributed by atoms with van der Waals surface area (Å²) >= 11 is 5.54. The summed E-state index contributed by atoms with van der Waals surface area (Å²) in [4.78, 5) is 17.4. The first-order valence-electron chi connectivity index (χ1n) is 9.56. The molecule has 3 rings (SSSR count). The summed E-state index contributed by atoms with van der Waals surface area (Å²) in [5.41, 5.74) is 1.20. The Labute approximate surface area is 169 Å². The van der Waals surface area contributed by atoms with Gasteiger partial charge in [-0.1, -0.05) is 0 Å². The maximum atomic E-state index is 12.6. The van der Waals surface area contributed by atoms with Gasteiger partial charge in [0.05, 0.1) is 25.3 Å². The molecule has 0 saturated carbocycles. The number of H-pyrrole nitrogens is 1. The number of methoxy groups -OCH3 is 1. The predicted molar refractivity (Wildman–Crippen MR) is 113 cm³/mol. The highest BCUT2D eigenvalue weighted by molar-refractivity contribution is 7.80. The number of aliphatic hydroxyl groups excluding tert-OH is 1. The van der Waals surface area contributed by atoms with E-state index >= 15 is 0 Å². The predicted octanol–water partition coefficient (Wildman–Crippen LogP) is 1.77. The number of aromatic nitrogens is 1. The number of fused-ring (bicyclic) bond motifs is 1. The van der Waals surface area contributed by atoms with Crippen molar-refractivity contribution < 1.29 is 14.6 Å². The van der Waals surface area contributed by atoms with Crippen LogP contribution < -0.4 is 15.6 Å². The van der Waals surface area contributed by atoms with Crippen molar-refractivity contribution in [2.45, 2.75) is 31.9 Å². The average molecular weight is 406 g/mol. The summed E-state index contributed by atoms with van der Waals surface area (Å²) < 4.78 is 10.8. The molecule has 0 radical (unpaired) electrons. The number of aromatic amines is 1. The van der Waals surface area contributed by atoms with Crippen molar-refractivity contribution in [3.8, 4) is 5.75 Å². The number of benzene rings is 1. The van der Waals surface area contributed by atoms with E-state index in [0.717, 1.165) is 30.4 Å². The molecule has 8 heteroatoms. The van der Waals surface area contributed by atoms with Crippen molar-refractivity contribution in [1.29, 1.82) is 0 Å². The fraction of sp³-hybridized carbons (Fsp3) is 0.500. The van der Waals surface area contributed by atoms with Crippen molar-refractivity contribution in [3.05, 3.63) is 40.2 Å². The molecule has 0 aliphatic carbocycles. The Kier molecular flexibility index (Phi) is 7.24. The minimum Gasteiger partial charge on any atom is -0.497 e. The molecule has 1 aliphatic heterocycles. The van der Waals surface area contributed by atoms with E-state index in [1.165, 1.54) is 0 Å². The molecule has 0 bridgehead atoms. The van der Waals surface area contributed by atoms with Gasteiger partial charge in [0.25, 0.3) is 5.56 Å². The Morgan fingerprint density at radius 2 is 2.32 bits per heavy atom. The molecular formula is C20H27N3O4S. The van der Waals surface area contributed by atoms with Crippen molar-refractivity contribution in [2.24, 2.45) is 0 Å². The van der Waals surface area contributed by atoms with Gasteiger partial charge < -0.3 is 29.8 Å². The number of nitrogens with one attached hydrogen (secondary N) is 2. The third-order valence-corrected chi connectivity index (χ3v) is 5.27. The minimum atomic E-state index is -0.156. The maximum absolute atomic E-state index is 12.6. The van der Waals surface area contributed by atoms with E-state index in [0.29, 0.717) is 42.5 Å². The first-order valence-corrected chi connectivity index (χ1v) is 9.96. The van der Waals surface area contributed by atoms with Crippen LogP contribution in [0.1, 0.15) is 24.8 Å². The normalized spacial score (nSPS) is 16.3. The number of nitrogens with zero attached hydrogens (tertiary/aromatic N) is 1. The number of pyridine rings is 1. The van der Waals surface area contributed by atoms with E-state index in [1.807, 2.05) is 23.1 Å². The number of rotatable bonds is 8. The zero-order valence-electron chi connectivity index (χ0n) is 16.1. The summed E-state index contributed by atoms with van der Waals surface area (Å²) in [6.07, 6.45) is 2.85. The monoisotopic (exact) mass is 405 g/mol. The van der Waals surface area contributed by atoms with Crippen LogP contribution in [0.3, 0.4) is 0 Å². The number of hydrogen-bond acceptors (Lipinski definition) is 5. The molecule has 1 aliphatic rings. The second-order valence-corrected chi connectivity index (χ2v) is 7.28. The van der Waals surface area contributed by atoms with Crippen LogP contribution in [0.15, 0.2) is 29.1 Å². The molecule has 1 atom stereocenters. The number of aliphatic hydroxyl groups is 1. The van der Waals surface area contributed by atoms with Crippen LogP contribution >= 0.6 is 12.2 Å². The molecule has 1 saturated heterocycles. The fourth-order valence-corrected chi connectivity index (χ4v) is 3.55. The molecule has 0 amide bonds. The lowest BCUT2D eigenvalue weighted by Gasteiger charge is -2.26. The van der Waals surface area contributed by atoms with Crippen molar-refractivity contribution in [3.63, 3.8) is 0 Å². The van der Waals surface area contributed by atoms with Crippen LogP contribution in [0.25, 0.3) is 10.9 Å². The smallest absolute Gasteiger partial charge is 0.253 e. The molecule has 0 unspecified atom stereocenters. The van der Waals surface area contributed by atoms with Crippen LogP contribution in [0.5, 0.6) is 5.75 Å². The summed E-state index contributed by atoms with van der Waals surface area (Å²) in [6, 6.07) is 7.46. The quantitative estimate of drug-likeness (QED) is 0.577. The molecule has 28 heavy (non-hydrogen) atoms. The fourth-order valence-electron chi connectivity index (χ4n) is 3.31. The van der Waals surface area contributed by atoms with E-state index in [2.05, 4.69) is 10.3 Å². The lowest BCUT2D eigenvalue weighted by Crippen LogP contribution is -2.43. The first-order chi connectivity index (χ1) is 13.6. The zero-order chi connectivity index (χ0) is 19.9. The van der Waals surface area contributed by atoms with Gasteiger partial charge in [-0.25, -0.2) is 0 Å². The highest BCUT2D eigenvalue weighted by Crippen LogP contribution is 2.19. The standard InChI is InChI=1S/C20H27N3O4S/c1-26-16-6-5-14-10-15(19(25)22-18(14)11-16)13-23(7-3-8-24)20(28)21-12-17-4-2-9-27-17/h5-6,10-11,17,24H,2-4,7-9,12-13H2,1H3,(H,21,28)(H,22,25)/t17-/m0/s1. The van der Waals surface area contributed by atoms with Gasteiger partial charge in [-0.2, -0.15) is 0 Å². The van der Waals surface area contributed by atoms with Crippen LogP contribution in [-0.2, 0) is 11.3 Å². The highest BCUT2D eigenvalue weighted by Gasteiger charge is 2.18. The summed E-state index contributed by atoms with van der Waals surface area (Å²) in [5, 5.41) is 14.0. The molecular weight excluding hydrogens is 378 g/mol. The van der Waals surface area contributed by atoms with Gasteiger partial charge in [-0.05, 0) is 55.1 Å². The third kappa shape index (κ3) is 5.21. The SMILES string of the molecule is COc1ccc2cc(CN(CCCO)C(=S)NC[C@@H]3CCCO3)c(=O)[nH]c2c1. The molecule has 2 heterocycles. The van der Waals surface area contributed by atoms with Crippen molar-refractivity contribution in [2.75, 3.05) is 33.4 Å². The Morgan fingerprint density at radius 1 is 1.46 bits per heavy atom. The maximum Gasteiger partial charge on any atom is 0.253 e. The highest BCUT2D eigenvalue weighted by atomic mass is 32.1. The van der Waals surface area contributed by atoms with E-state index in [1.54, 1.807) is 13.2 Å². The Morgan fingerprint density at radius 3 is 3.04 bits per heavy atom. The van der Waals surface area contributed by atoms with Gasteiger partial charge >= 0.3 is 0 Å². The lowest BCUT2D eigenvalue weighted by molar-refractivity contribution is 0.113. The second kappa shape index (κ2) is 9.86. The van der Waals surface area contributed by atoms with E-state index in [4.69, 9.17) is 21.7 Å². The van der Waals surface area contributed by atoms with Gasteiger partial charge in [0, 0.05) is 37.9 Å². The van der Waals surface area contributed by atoms with Crippen LogP contribution in [0, 0.1) is 0 Å². The van der Waals surface area contributed by atoms with Crippen molar-refractivity contribution in [1.82, 2.24) is 15.2 Å². The van der Waals surface area contributed by atoms with Gasteiger partial charge in [0.15, 0.2) is 5.11 Å². The molecule has 1 fully saturated rings. The lowest BCUT2D eigenvalue weighted by atomic mass is 10.1. The molecule has 7 nitrogen and oxygen atoms in total. The van der Waals surface area contributed by atoms with Crippen LogP contribution in [0.4, 0.5) is 0 Å². The molecule has 0 spiro atoms. The number of hydrogen-bond donors (Lipinski definition) is 3. The topological polar surface area (TPSA) is 86.8 Å². The largest absolute Gasteiger partial charge is 0.497 e. The molecule has 1 aromatic heterocycles. The third-order valence-electron chi connectivity index (χ3n) is 4.87. The van der Waals surface area contributed by atoms with Crippen molar-refractivity contribution >= 4 is 28.2 Å². The summed E-state index contributed by atoms with van der Waals surface area (Å²) in [5.74, 6) is 0.694. The zero-order valence-corrected chi connectivity index (χ0v) is 16.9. The van der Waals surface area contributed by atoms with E-state index in [9.17, 15) is 9.90 Å². The van der Waals surface area contributed by atoms with Gasteiger partial charge in [0.2, 0.25) is 0 Å².